The maximum atomic E-state index is 12.0. The molecule has 8 heteroatoms. The summed E-state index contributed by atoms with van der Waals surface area (Å²) in [4.78, 5) is 29.8. The van der Waals surface area contributed by atoms with E-state index in [1.807, 2.05) is 37.4 Å². The van der Waals surface area contributed by atoms with Crippen molar-refractivity contribution in [3.05, 3.63) is 39.1 Å². The Balaban J connectivity index is 1.75. The van der Waals surface area contributed by atoms with Crippen LogP contribution in [-0.2, 0) is 13.6 Å². The van der Waals surface area contributed by atoms with Crippen LogP contribution < -0.4 is 11.1 Å². The number of fused-ring (bicyclic) bond motifs is 1. The van der Waals surface area contributed by atoms with Gasteiger partial charge in [0.15, 0.2) is 5.58 Å². The minimum absolute atomic E-state index is 0.0887. The number of benzene rings is 1. The Hall–Kier alpha value is -2.61. The average molecular weight is 360 g/mol. The van der Waals surface area contributed by atoms with E-state index in [-0.39, 0.29) is 11.8 Å². The van der Waals surface area contributed by atoms with E-state index in [9.17, 15) is 9.59 Å². The fourth-order valence-electron chi connectivity index (χ4n) is 2.59. The summed E-state index contributed by atoms with van der Waals surface area (Å²) in [6.45, 7) is 5.63. The van der Waals surface area contributed by atoms with Crippen molar-refractivity contribution >= 4 is 28.5 Å². The van der Waals surface area contributed by atoms with Gasteiger partial charge in [-0.2, -0.15) is 0 Å². The third-order valence-electron chi connectivity index (χ3n) is 4.08. The van der Waals surface area contributed by atoms with Crippen molar-refractivity contribution in [2.75, 3.05) is 13.1 Å². The molecule has 0 aliphatic heterocycles. The minimum Gasteiger partial charge on any atom is -0.408 e. The van der Waals surface area contributed by atoms with E-state index >= 15 is 0 Å². The van der Waals surface area contributed by atoms with Gasteiger partial charge in [0, 0.05) is 31.1 Å². The Morgan fingerprint density at radius 3 is 2.84 bits per heavy atom. The molecular weight excluding hydrogens is 340 g/mol. The van der Waals surface area contributed by atoms with Crippen LogP contribution in [0.25, 0.3) is 22.4 Å². The van der Waals surface area contributed by atoms with E-state index in [2.05, 4.69) is 10.3 Å². The number of aromatic nitrogens is 2. The van der Waals surface area contributed by atoms with Crippen molar-refractivity contribution in [2.45, 2.75) is 20.4 Å². The number of urea groups is 1. The molecule has 0 aliphatic carbocycles. The molecule has 0 bridgehead atoms. The number of rotatable bonds is 5. The standard InChI is InChI=1S/C17H20N4O3S/c1-4-21(5-2)16(22)18-9-15-19-12(10-25-15)11-6-7-13-14(8-11)24-17(23)20(13)3/h6-8,10H,4-5,9H2,1-3H3,(H,18,22). The van der Waals surface area contributed by atoms with Gasteiger partial charge in [-0.1, -0.05) is 6.07 Å². The maximum absolute atomic E-state index is 12.0. The van der Waals surface area contributed by atoms with E-state index in [1.54, 1.807) is 11.9 Å². The summed E-state index contributed by atoms with van der Waals surface area (Å²) in [5, 5.41) is 5.63. The molecule has 2 amide bonds. The third-order valence-corrected chi connectivity index (χ3v) is 4.93. The van der Waals surface area contributed by atoms with E-state index in [0.29, 0.717) is 25.2 Å². The molecule has 1 N–H and O–H groups in total. The molecule has 0 aliphatic rings. The molecule has 132 valence electrons. The molecule has 3 rings (SSSR count). The zero-order valence-electron chi connectivity index (χ0n) is 14.4. The number of nitrogens with zero attached hydrogens (tertiary/aromatic N) is 3. The van der Waals surface area contributed by atoms with Crippen LogP contribution in [0.4, 0.5) is 4.79 Å². The Morgan fingerprint density at radius 2 is 2.12 bits per heavy atom. The van der Waals surface area contributed by atoms with E-state index in [4.69, 9.17) is 4.42 Å². The molecular formula is C17H20N4O3S. The van der Waals surface area contributed by atoms with Crippen LogP contribution in [0.2, 0.25) is 0 Å². The largest absolute Gasteiger partial charge is 0.419 e. The van der Waals surface area contributed by atoms with E-state index < -0.39 is 0 Å². The van der Waals surface area contributed by atoms with Gasteiger partial charge in [-0.05, 0) is 26.0 Å². The average Bonchev–Trinajstić information content (AvgIpc) is 3.19. The third kappa shape index (κ3) is 3.43. The quantitative estimate of drug-likeness (QED) is 0.759. The monoisotopic (exact) mass is 360 g/mol. The van der Waals surface area contributed by atoms with Crippen molar-refractivity contribution in [3.63, 3.8) is 0 Å². The highest BCUT2D eigenvalue weighted by molar-refractivity contribution is 7.09. The molecule has 0 fully saturated rings. The number of hydrogen-bond acceptors (Lipinski definition) is 5. The first-order valence-corrected chi connectivity index (χ1v) is 8.98. The second-order valence-electron chi connectivity index (χ2n) is 5.57. The minimum atomic E-state index is -0.384. The van der Waals surface area contributed by atoms with Crippen LogP contribution in [0.3, 0.4) is 0 Å². The number of hydrogen-bond donors (Lipinski definition) is 1. The van der Waals surface area contributed by atoms with Crippen LogP contribution in [0.15, 0.2) is 32.8 Å². The predicted molar refractivity (Wildman–Crippen MR) is 97.7 cm³/mol. The lowest BCUT2D eigenvalue weighted by atomic mass is 10.1. The Labute approximate surface area is 148 Å². The first-order valence-electron chi connectivity index (χ1n) is 8.10. The molecule has 25 heavy (non-hydrogen) atoms. The number of thiazole rings is 1. The van der Waals surface area contributed by atoms with Crippen molar-refractivity contribution < 1.29 is 9.21 Å². The van der Waals surface area contributed by atoms with E-state index in [0.717, 1.165) is 21.8 Å². The van der Waals surface area contributed by atoms with Crippen molar-refractivity contribution in [2.24, 2.45) is 7.05 Å². The lowest BCUT2D eigenvalue weighted by molar-refractivity contribution is 0.203. The van der Waals surface area contributed by atoms with Crippen LogP contribution in [0, 0.1) is 0 Å². The lowest BCUT2D eigenvalue weighted by Gasteiger charge is -2.18. The molecule has 0 saturated carbocycles. The Morgan fingerprint density at radius 1 is 1.36 bits per heavy atom. The molecule has 0 spiro atoms. The van der Waals surface area contributed by atoms with Gasteiger partial charge in [-0.3, -0.25) is 4.57 Å². The number of carbonyl (C=O) groups is 1. The summed E-state index contributed by atoms with van der Waals surface area (Å²) in [6.07, 6.45) is 0. The van der Waals surface area contributed by atoms with Crippen molar-refractivity contribution in [1.82, 2.24) is 19.8 Å². The summed E-state index contributed by atoms with van der Waals surface area (Å²) < 4.78 is 6.68. The fraction of sp³-hybridized carbons (Fsp3) is 0.353. The second-order valence-corrected chi connectivity index (χ2v) is 6.51. The second kappa shape index (κ2) is 7.10. The predicted octanol–water partition coefficient (Wildman–Crippen LogP) is 2.81. The van der Waals surface area contributed by atoms with Gasteiger partial charge in [0.1, 0.15) is 5.01 Å². The molecule has 0 saturated heterocycles. The highest BCUT2D eigenvalue weighted by atomic mass is 32.1. The topological polar surface area (TPSA) is 80.4 Å². The smallest absolute Gasteiger partial charge is 0.408 e. The zero-order chi connectivity index (χ0) is 18.0. The first kappa shape index (κ1) is 17.2. The van der Waals surface area contributed by atoms with Crippen LogP contribution >= 0.6 is 11.3 Å². The number of amides is 2. The van der Waals surface area contributed by atoms with Gasteiger partial charge in [0.05, 0.1) is 17.8 Å². The zero-order valence-corrected chi connectivity index (χ0v) is 15.2. The molecule has 0 atom stereocenters. The van der Waals surface area contributed by atoms with Gasteiger partial charge in [-0.25, -0.2) is 14.6 Å². The van der Waals surface area contributed by atoms with Gasteiger partial charge >= 0.3 is 11.8 Å². The maximum Gasteiger partial charge on any atom is 0.419 e. The SMILES string of the molecule is CCN(CC)C(=O)NCc1nc(-c2ccc3c(c2)oc(=O)n3C)cs1. The highest BCUT2D eigenvalue weighted by Crippen LogP contribution is 2.25. The normalized spacial score (nSPS) is 11.0. The molecule has 0 unspecified atom stereocenters. The van der Waals surface area contributed by atoms with Crippen molar-refractivity contribution in [3.8, 4) is 11.3 Å². The van der Waals surface area contributed by atoms with Gasteiger partial charge in [-0.15, -0.1) is 11.3 Å². The van der Waals surface area contributed by atoms with E-state index in [1.165, 1.54) is 15.9 Å². The number of aryl methyl sites for hydroxylation is 1. The first-order chi connectivity index (χ1) is 12.0. The summed E-state index contributed by atoms with van der Waals surface area (Å²) in [5.41, 5.74) is 2.95. The Kier molecular flexibility index (Phi) is 4.89. The molecule has 2 heterocycles. The number of oxazole rings is 1. The van der Waals surface area contributed by atoms with Crippen molar-refractivity contribution in [1.29, 1.82) is 0 Å². The highest BCUT2D eigenvalue weighted by Gasteiger charge is 2.12. The summed E-state index contributed by atoms with van der Waals surface area (Å²) >= 11 is 1.49. The summed E-state index contributed by atoms with van der Waals surface area (Å²) in [5.74, 6) is -0.384. The fourth-order valence-corrected chi connectivity index (χ4v) is 3.33. The number of nitrogens with one attached hydrogen (secondary N) is 1. The summed E-state index contributed by atoms with van der Waals surface area (Å²) in [6, 6.07) is 5.47. The molecule has 3 aromatic rings. The molecule has 2 aromatic heterocycles. The van der Waals surface area contributed by atoms with Crippen LogP contribution in [-0.4, -0.2) is 33.6 Å². The summed E-state index contributed by atoms with van der Waals surface area (Å²) in [7, 11) is 1.67. The van der Waals surface area contributed by atoms with Crippen LogP contribution in [0.5, 0.6) is 0 Å². The van der Waals surface area contributed by atoms with Gasteiger partial charge in [0.25, 0.3) is 0 Å². The lowest BCUT2D eigenvalue weighted by Crippen LogP contribution is -2.39. The van der Waals surface area contributed by atoms with Crippen LogP contribution in [0.1, 0.15) is 18.9 Å². The molecule has 7 nitrogen and oxygen atoms in total. The molecule has 0 radical (unpaired) electrons. The van der Waals surface area contributed by atoms with Gasteiger partial charge in [0.2, 0.25) is 0 Å². The Bertz CT molecular complexity index is 952. The van der Waals surface area contributed by atoms with Gasteiger partial charge < -0.3 is 14.6 Å². The molecule has 1 aromatic carbocycles. The number of carbonyl (C=O) groups excluding carboxylic acids is 1.